The molecule has 5 heteroatoms. The summed E-state index contributed by atoms with van der Waals surface area (Å²) in [4.78, 5) is 11.5. The molecular weight excluding hydrogens is 218 g/mol. The normalized spacial score (nSPS) is 9.82. The van der Waals surface area contributed by atoms with Crippen molar-refractivity contribution in [2.24, 2.45) is 5.84 Å². The minimum Gasteiger partial charge on any atom is -0.380 e. The number of hydrogen-bond donors (Lipinski definition) is 2. The minimum absolute atomic E-state index is 0.386. The molecule has 0 unspecified atom stereocenters. The summed E-state index contributed by atoms with van der Waals surface area (Å²) in [6, 6.07) is 5.15. The molecule has 1 rings (SSSR count). The maximum absolute atomic E-state index is 11.5. The van der Waals surface area contributed by atoms with Crippen LogP contribution in [0.5, 0.6) is 0 Å². The molecule has 0 saturated heterocycles. The third-order valence-electron chi connectivity index (χ3n) is 2.28. The number of rotatable bonds is 4. The number of carbonyl (C=O) groups excluding carboxylic acids is 1. The number of carbonyl (C=O) groups is 1. The number of benzene rings is 1. The van der Waals surface area contributed by atoms with E-state index in [1.165, 1.54) is 7.05 Å². The molecule has 0 aromatic heterocycles. The van der Waals surface area contributed by atoms with E-state index >= 15 is 0 Å². The molecule has 0 atom stereocenters. The van der Waals surface area contributed by atoms with Crippen LogP contribution < -0.4 is 11.2 Å². The van der Waals surface area contributed by atoms with Crippen LogP contribution in [-0.2, 0) is 11.3 Å². The SMILES string of the molecule is C=Cc1cccc(NC(=O)N(C)N)c1COC. The quantitative estimate of drug-likeness (QED) is 0.475. The van der Waals surface area contributed by atoms with E-state index in [1.54, 1.807) is 19.3 Å². The molecule has 1 aromatic rings. The van der Waals surface area contributed by atoms with Gasteiger partial charge >= 0.3 is 6.03 Å². The highest BCUT2D eigenvalue weighted by atomic mass is 16.5. The molecule has 2 amide bonds. The van der Waals surface area contributed by atoms with Gasteiger partial charge in [-0.05, 0) is 11.6 Å². The third kappa shape index (κ3) is 3.30. The second-order valence-corrected chi connectivity index (χ2v) is 3.55. The molecule has 0 heterocycles. The van der Waals surface area contributed by atoms with Gasteiger partial charge in [-0.2, -0.15) is 0 Å². The first kappa shape index (κ1) is 13.2. The molecule has 0 bridgehead atoms. The van der Waals surface area contributed by atoms with Crippen LogP contribution in [0.25, 0.3) is 6.08 Å². The third-order valence-corrected chi connectivity index (χ3v) is 2.28. The molecule has 17 heavy (non-hydrogen) atoms. The van der Waals surface area contributed by atoms with E-state index in [1.807, 2.05) is 12.1 Å². The summed E-state index contributed by atoms with van der Waals surface area (Å²) in [7, 11) is 3.07. The van der Waals surface area contributed by atoms with Gasteiger partial charge in [0.25, 0.3) is 0 Å². The molecule has 92 valence electrons. The summed E-state index contributed by atoms with van der Waals surface area (Å²) in [6.45, 7) is 4.12. The second-order valence-electron chi connectivity index (χ2n) is 3.55. The molecule has 5 nitrogen and oxygen atoms in total. The first-order valence-electron chi connectivity index (χ1n) is 5.12. The van der Waals surface area contributed by atoms with Gasteiger partial charge in [-0.15, -0.1) is 0 Å². The number of hydrogen-bond acceptors (Lipinski definition) is 3. The zero-order chi connectivity index (χ0) is 12.8. The number of amides is 2. The van der Waals surface area contributed by atoms with E-state index in [9.17, 15) is 4.79 Å². The van der Waals surface area contributed by atoms with Crippen LogP contribution in [0.15, 0.2) is 24.8 Å². The number of urea groups is 1. The van der Waals surface area contributed by atoms with Gasteiger partial charge in [-0.1, -0.05) is 24.8 Å². The standard InChI is InChI=1S/C12H17N3O2/c1-4-9-6-5-7-11(10(9)8-17-3)14-12(16)15(2)13/h4-7H,1,8,13H2,2-3H3,(H,14,16). The van der Waals surface area contributed by atoms with Gasteiger partial charge in [0, 0.05) is 25.4 Å². The van der Waals surface area contributed by atoms with Crippen molar-refractivity contribution in [1.29, 1.82) is 0 Å². The van der Waals surface area contributed by atoms with E-state index in [2.05, 4.69) is 11.9 Å². The number of nitrogens with one attached hydrogen (secondary N) is 1. The zero-order valence-electron chi connectivity index (χ0n) is 10.1. The summed E-state index contributed by atoms with van der Waals surface area (Å²) in [5.74, 6) is 5.35. The van der Waals surface area contributed by atoms with Crippen LogP contribution in [0.2, 0.25) is 0 Å². The average Bonchev–Trinajstić information content (AvgIpc) is 2.31. The number of anilines is 1. The Bertz CT molecular complexity index is 416. The topological polar surface area (TPSA) is 67.6 Å². The Morgan fingerprint density at radius 2 is 2.35 bits per heavy atom. The minimum atomic E-state index is -0.386. The van der Waals surface area contributed by atoms with E-state index in [-0.39, 0.29) is 6.03 Å². The fraction of sp³-hybridized carbons (Fsp3) is 0.250. The summed E-state index contributed by atoms with van der Waals surface area (Å²) >= 11 is 0. The number of nitrogens with zero attached hydrogens (tertiary/aromatic N) is 1. The lowest BCUT2D eigenvalue weighted by atomic mass is 10.1. The highest BCUT2D eigenvalue weighted by Crippen LogP contribution is 2.22. The number of ether oxygens (including phenoxy) is 1. The van der Waals surface area contributed by atoms with Crippen molar-refractivity contribution in [2.45, 2.75) is 6.61 Å². The number of methoxy groups -OCH3 is 1. The van der Waals surface area contributed by atoms with Crippen LogP contribution in [-0.4, -0.2) is 25.2 Å². The van der Waals surface area contributed by atoms with Gasteiger partial charge < -0.3 is 10.1 Å². The molecular formula is C12H17N3O2. The lowest BCUT2D eigenvalue weighted by Gasteiger charge is -2.16. The molecule has 0 aliphatic heterocycles. The van der Waals surface area contributed by atoms with Gasteiger partial charge in [-0.3, -0.25) is 5.01 Å². The Morgan fingerprint density at radius 1 is 1.65 bits per heavy atom. The highest BCUT2D eigenvalue weighted by molar-refractivity contribution is 5.90. The molecule has 0 aliphatic rings. The van der Waals surface area contributed by atoms with Gasteiger partial charge in [-0.25, -0.2) is 10.6 Å². The van der Waals surface area contributed by atoms with E-state index in [4.69, 9.17) is 10.6 Å². The fourth-order valence-electron chi connectivity index (χ4n) is 1.42. The lowest BCUT2D eigenvalue weighted by molar-refractivity contribution is 0.185. The lowest BCUT2D eigenvalue weighted by Crippen LogP contribution is -2.37. The molecule has 0 fully saturated rings. The fourth-order valence-corrected chi connectivity index (χ4v) is 1.42. The smallest absolute Gasteiger partial charge is 0.335 e. The van der Waals surface area contributed by atoms with Crippen molar-refractivity contribution in [3.8, 4) is 0 Å². The van der Waals surface area contributed by atoms with Gasteiger partial charge in [0.05, 0.1) is 6.61 Å². The molecule has 0 saturated carbocycles. The monoisotopic (exact) mass is 235 g/mol. The van der Waals surface area contributed by atoms with Crippen LogP contribution >= 0.6 is 0 Å². The van der Waals surface area contributed by atoms with Gasteiger partial charge in [0.2, 0.25) is 0 Å². The molecule has 1 aromatic carbocycles. The summed E-state index contributed by atoms with van der Waals surface area (Å²) in [5, 5.41) is 3.69. The Kier molecular flexibility index (Phi) is 4.68. The highest BCUT2D eigenvalue weighted by Gasteiger charge is 2.10. The predicted octanol–water partition coefficient (Wildman–Crippen LogP) is 1.81. The average molecular weight is 235 g/mol. The predicted molar refractivity (Wildman–Crippen MR) is 68.2 cm³/mol. The number of hydrazine groups is 1. The van der Waals surface area contributed by atoms with Crippen LogP contribution in [0.3, 0.4) is 0 Å². The van der Waals surface area contributed by atoms with Crippen molar-refractivity contribution in [2.75, 3.05) is 19.5 Å². The Labute approximate surface area is 101 Å². The zero-order valence-corrected chi connectivity index (χ0v) is 10.1. The van der Waals surface area contributed by atoms with Crippen molar-refractivity contribution < 1.29 is 9.53 Å². The van der Waals surface area contributed by atoms with Gasteiger partial charge in [0.15, 0.2) is 0 Å². The molecule has 0 aliphatic carbocycles. The van der Waals surface area contributed by atoms with Gasteiger partial charge in [0.1, 0.15) is 0 Å². The molecule has 3 N–H and O–H groups in total. The van der Waals surface area contributed by atoms with E-state index < -0.39 is 0 Å². The van der Waals surface area contributed by atoms with Crippen LogP contribution in [0, 0.1) is 0 Å². The Morgan fingerprint density at radius 3 is 2.88 bits per heavy atom. The second kappa shape index (κ2) is 6.03. The summed E-state index contributed by atoms with van der Waals surface area (Å²) in [6.07, 6.45) is 1.72. The van der Waals surface area contributed by atoms with Crippen LogP contribution in [0.4, 0.5) is 10.5 Å². The van der Waals surface area contributed by atoms with E-state index in [0.29, 0.717) is 12.3 Å². The molecule has 0 radical (unpaired) electrons. The van der Waals surface area contributed by atoms with Crippen molar-refractivity contribution in [3.05, 3.63) is 35.9 Å². The Balaban J connectivity index is 3.05. The van der Waals surface area contributed by atoms with Crippen molar-refractivity contribution >= 4 is 17.8 Å². The number of nitrogens with two attached hydrogens (primary N) is 1. The maximum atomic E-state index is 11.5. The maximum Gasteiger partial charge on any atom is 0.335 e. The summed E-state index contributed by atoms with van der Waals surface area (Å²) in [5.41, 5.74) is 2.47. The first-order valence-corrected chi connectivity index (χ1v) is 5.12. The van der Waals surface area contributed by atoms with Crippen molar-refractivity contribution in [3.63, 3.8) is 0 Å². The largest absolute Gasteiger partial charge is 0.380 e. The molecule has 0 spiro atoms. The van der Waals surface area contributed by atoms with Crippen molar-refractivity contribution in [1.82, 2.24) is 5.01 Å². The van der Waals surface area contributed by atoms with E-state index in [0.717, 1.165) is 16.1 Å². The summed E-state index contributed by atoms with van der Waals surface area (Å²) < 4.78 is 5.11. The van der Waals surface area contributed by atoms with Crippen LogP contribution in [0.1, 0.15) is 11.1 Å². The first-order chi connectivity index (χ1) is 8.10. The Hall–Kier alpha value is -1.85.